The van der Waals surface area contributed by atoms with Crippen LogP contribution in [0.1, 0.15) is 37.6 Å². The molecular weight excluding hydrogens is 210 g/mol. The molecule has 0 bridgehead atoms. The minimum Gasteiger partial charge on any atom is -0.305 e. The molecule has 94 valence electrons. The minimum atomic E-state index is -0.328. The summed E-state index contributed by atoms with van der Waals surface area (Å²) >= 11 is 0. The molecule has 0 aliphatic rings. The molecule has 0 saturated heterocycles. The van der Waals surface area contributed by atoms with Crippen LogP contribution in [0.4, 0.5) is 0 Å². The monoisotopic (exact) mass is 233 g/mol. The lowest BCUT2D eigenvalue weighted by molar-refractivity contribution is 0.0783. The molecule has 2 heteroatoms. The number of hydrogen-bond donors (Lipinski definition) is 0. The molecule has 0 aliphatic heterocycles. The van der Waals surface area contributed by atoms with Crippen molar-refractivity contribution in [1.29, 1.82) is 0 Å². The van der Waals surface area contributed by atoms with Gasteiger partial charge in [-0.1, -0.05) is 51.1 Å². The minimum absolute atomic E-state index is 0.223. The van der Waals surface area contributed by atoms with Gasteiger partial charge in [0.25, 0.3) is 0 Å². The van der Waals surface area contributed by atoms with E-state index >= 15 is 0 Å². The number of benzene rings is 1. The SMILES string of the molecule is CCCN(C)CC(C)(C)C(=O)c1ccccc1. The van der Waals surface area contributed by atoms with E-state index in [4.69, 9.17) is 0 Å². The number of carbonyl (C=O) groups excluding carboxylic acids is 1. The van der Waals surface area contributed by atoms with Gasteiger partial charge in [-0.3, -0.25) is 4.79 Å². The predicted octanol–water partition coefficient (Wildman–Crippen LogP) is 3.24. The third-order valence-corrected chi connectivity index (χ3v) is 2.92. The molecule has 0 saturated carbocycles. The first-order chi connectivity index (χ1) is 7.97. The molecule has 0 heterocycles. The Bertz CT molecular complexity index is 356. The van der Waals surface area contributed by atoms with Crippen LogP contribution in [0.3, 0.4) is 0 Å². The molecular formula is C15H23NO. The highest BCUT2D eigenvalue weighted by molar-refractivity contribution is 6.00. The second-order valence-electron chi connectivity index (χ2n) is 5.32. The maximum absolute atomic E-state index is 12.4. The van der Waals surface area contributed by atoms with E-state index in [1.54, 1.807) is 0 Å². The molecule has 1 rings (SSSR count). The van der Waals surface area contributed by atoms with Crippen LogP contribution in [-0.4, -0.2) is 30.8 Å². The average molecular weight is 233 g/mol. The van der Waals surface area contributed by atoms with Gasteiger partial charge < -0.3 is 4.90 Å². The van der Waals surface area contributed by atoms with Gasteiger partial charge >= 0.3 is 0 Å². The van der Waals surface area contributed by atoms with Gasteiger partial charge in [-0.05, 0) is 20.0 Å². The Labute approximate surface area is 105 Å². The van der Waals surface area contributed by atoms with Crippen molar-refractivity contribution in [1.82, 2.24) is 4.90 Å². The van der Waals surface area contributed by atoms with Crippen LogP contribution < -0.4 is 0 Å². The molecule has 17 heavy (non-hydrogen) atoms. The normalized spacial score (nSPS) is 11.8. The summed E-state index contributed by atoms with van der Waals surface area (Å²) in [6.07, 6.45) is 1.12. The Balaban J connectivity index is 2.73. The number of nitrogens with zero attached hydrogens (tertiary/aromatic N) is 1. The second kappa shape index (κ2) is 5.97. The molecule has 1 aromatic carbocycles. The van der Waals surface area contributed by atoms with Gasteiger partial charge in [0.1, 0.15) is 0 Å². The number of Topliss-reactive ketones (excluding diaryl/α,β-unsaturated/α-hetero) is 1. The van der Waals surface area contributed by atoms with E-state index in [9.17, 15) is 4.79 Å². The highest BCUT2D eigenvalue weighted by atomic mass is 16.1. The van der Waals surface area contributed by atoms with E-state index in [2.05, 4.69) is 18.9 Å². The van der Waals surface area contributed by atoms with Crippen molar-refractivity contribution < 1.29 is 4.79 Å². The molecule has 0 fully saturated rings. The van der Waals surface area contributed by atoms with Gasteiger partial charge in [-0.15, -0.1) is 0 Å². The van der Waals surface area contributed by atoms with E-state index in [0.29, 0.717) is 0 Å². The highest BCUT2D eigenvalue weighted by Gasteiger charge is 2.29. The van der Waals surface area contributed by atoms with Crippen molar-refractivity contribution in [3.63, 3.8) is 0 Å². The summed E-state index contributed by atoms with van der Waals surface area (Å²) in [4.78, 5) is 14.6. The fraction of sp³-hybridized carbons (Fsp3) is 0.533. The summed E-state index contributed by atoms with van der Waals surface area (Å²) in [5.41, 5.74) is 0.480. The molecule has 0 spiro atoms. The second-order valence-corrected chi connectivity index (χ2v) is 5.32. The smallest absolute Gasteiger partial charge is 0.169 e. The van der Waals surface area contributed by atoms with Crippen LogP contribution in [0, 0.1) is 5.41 Å². The first-order valence-corrected chi connectivity index (χ1v) is 6.26. The summed E-state index contributed by atoms with van der Waals surface area (Å²) in [5.74, 6) is 0.223. The average Bonchev–Trinajstić information content (AvgIpc) is 2.28. The molecule has 2 nitrogen and oxygen atoms in total. The molecule has 0 atom stereocenters. The van der Waals surface area contributed by atoms with Crippen molar-refractivity contribution in [2.45, 2.75) is 27.2 Å². The van der Waals surface area contributed by atoms with Crippen LogP contribution in [0.2, 0.25) is 0 Å². The third kappa shape index (κ3) is 3.97. The Hall–Kier alpha value is -1.15. The van der Waals surface area contributed by atoms with Gasteiger partial charge in [0.15, 0.2) is 5.78 Å². The maximum atomic E-state index is 12.4. The molecule has 0 aromatic heterocycles. The molecule has 0 unspecified atom stereocenters. The van der Waals surface area contributed by atoms with Crippen LogP contribution in [0.25, 0.3) is 0 Å². The van der Waals surface area contributed by atoms with Crippen molar-refractivity contribution >= 4 is 5.78 Å². The van der Waals surface area contributed by atoms with Crippen LogP contribution in [0.15, 0.2) is 30.3 Å². The fourth-order valence-corrected chi connectivity index (χ4v) is 2.19. The van der Waals surface area contributed by atoms with Crippen molar-refractivity contribution in [2.75, 3.05) is 20.1 Å². The van der Waals surface area contributed by atoms with E-state index in [1.807, 2.05) is 44.2 Å². The zero-order valence-electron chi connectivity index (χ0n) is 11.4. The zero-order valence-corrected chi connectivity index (χ0v) is 11.4. The zero-order chi connectivity index (χ0) is 12.9. The molecule has 0 N–H and O–H groups in total. The summed E-state index contributed by atoms with van der Waals surface area (Å²) in [5, 5.41) is 0. The molecule has 0 radical (unpaired) electrons. The first kappa shape index (κ1) is 13.9. The van der Waals surface area contributed by atoms with Crippen LogP contribution >= 0.6 is 0 Å². The van der Waals surface area contributed by atoms with E-state index in [1.165, 1.54) is 0 Å². The van der Waals surface area contributed by atoms with Crippen molar-refractivity contribution in [2.24, 2.45) is 5.41 Å². The molecule has 0 amide bonds. The number of ketones is 1. The number of hydrogen-bond acceptors (Lipinski definition) is 2. The van der Waals surface area contributed by atoms with Gasteiger partial charge in [0, 0.05) is 17.5 Å². The van der Waals surface area contributed by atoms with Gasteiger partial charge in [0.05, 0.1) is 0 Å². The Morgan fingerprint density at radius 1 is 1.24 bits per heavy atom. The fourth-order valence-electron chi connectivity index (χ4n) is 2.19. The Kier molecular flexibility index (Phi) is 4.88. The van der Waals surface area contributed by atoms with E-state index in [0.717, 1.165) is 25.1 Å². The van der Waals surface area contributed by atoms with Crippen molar-refractivity contribution in [3.8, 4) is 0 Å². The molecule has 1 aromatic rings. The highest BCUT2D eigenvalue weighted by Crippen LogP contribution is 2.22. The lowest BCUT2D eigenvalue weighted by Gasteiger charge is -2.29. The Morgan fingerprint density at radius 2 is 1.82 bits per heavy atom. The summed E-state index contributed by atoms with van der Waals surface area (Å²) in [6, 6.07) is 9.55. The van der Waals surface area contributed by atoms with Crippen molar-refractivity contribution in [3.05, 3.63) is 35.9 Å². The van der Waals surface area contributed by atoms with Gasteiger partial charge in [0.2, 0.25) is 0 Å². The number of carbonyl (C=O) groups is 1. The lowest BCUT2D eigenvalue weighted by atomic mass is 9.84. The van der Waals surface area contributed by atoms with Crippen LogP contribution in [0.5, 0.6) is 0 Å². The predicted molar refractivity (Wildman–Crippen MR) is 72.3 cm³/mol. The Morgan fingerprint density at radius 3 is 2.35 bits per heavy atom. The van der Waals surface area contributed by atoms with Crippen LogP contribution in [-0.2, 0) is 0 Å². The summed E-state index contributed by atoms with van der Waals surface area (Å²) < 4.78 is 0. The topological polar surface area (TPSA) is 20.3 Å². The quantitative estimate of drug-likeness (QED) is 0.703. The summed E-state index contributed by atoms with van der Waals surface area (Å²) in [6.45, 7) is 8.03. The first-order valence-electron chi connectivity index (χ1n) is 6.26. The summed E-state index contributed by atoms with van der Waals surface area (Å²) in [7, 11) is 2.07. The molecule has 0 aliphatic carbocycles. The lowest BCUT2D eigenvalue weighted by Crippen LogP contribution is -2.37. The van der Waals surface area contributed by atoms with E-state index in [-0.39, 0.29) is 11.2 Å². The van der Waals surface area contributed by atoms with Gasteiger partial charge in [-0.2, -0.15) is 0 Å². The largest absolute Gasteiger partial charge is 0.305 e. The maximum Gasteiger partial charge on any atom is 0.169 e. The van der Waals surface area contributed by atoms with Gasteiger partial charge in [-0.25, -0.2) is 0 Å². The number of rotatable bonds is 6. The van der Waals surface area contributed by atoms with E-state index < -0.39 is 0 Å². The standard InChI is InChI=1S/C15H23NO/c1-5-11-16(4)12-15(2,3)14(17)13-9-7-6-8-10-13/h6-10H,5,11-12H2,1-4H3. The third-order valence-electron chi connectivity index (χ3n) is 2.92.